The molecule has 0 aliphatic heterocycles. The van der Waals surface area contributed by atoms with Gasteiger partial charge in [-0.05, 0) is 12.4 Å². The lowest BCUT2D eigenvalue weighted by atomic mass is 10.7. The summed E-state index contributed by atoms with van der Waals surface area (Å²) >= 11 is 0. The lowest BCUT2D eigenvalue weighted by Crippen LogP contribution is -2.16. The van der Waals surface area contributed by atoms with Gasteiger partial charge in [0.05, 0.1) is 0 Å². The normalized spacial score (nSPS) is 10.1. The lowest BCUT2D eigenvalue weighted by molar-refractivity contribution is -0.191. The van der Waals surface area contributed by atoms with Gasteiger partial charge in [-0.15, -0.1) is 0 Å². The van der Waals surface area contributed by atoms with Crippen LogP contribution in [0.4, 0.5) is 0 Å². The first-order chi connectivity index (χ1) is 7.85. The Morgan fingerprint density at radius 3 is 1.88 bits per heavy atom. The van der Waals surface area contributed by atoms with Crippen molar-refractivity contribution in [2.45, 2.75) is 0 Å². The summed E-state index contributed by atoms with van der Waals surface area (Å²) in [5, 5.41) is 0. The molecule has 0 spiro atoms. The van der Waals surface area contributed by atoms with Crippen LogP contribution in [0.1, 0.15) is 0 Å². The van der Waals surface area contributed by atoms with Gasteiger partial charge in [0.15, 0.2) is 20.4 Å². The topological polar surface area (TPSA) is 49.4 Å². The highest BCUT2D eigenvalue weighted by Gasteiger charge is 1.92. The molecule has 0 N–H and O–H groups in total. The van der Waals surface area contributed by atoms with Crippen molar-refractivity contribution in [2.24, 2.45) is 0 Å². The van der Waals surface area contributed by atoms with Gasteiger partial charge in [-0.1, -0.05) is 13.2 Å². The third-order valence-corrected chi connectivity index (χ3v) is 1.41. The first-order valence-corrected chi connectivity index (χ1v) is 4.66. The average Bonchev–Trinajstić information content (AvgIpc) is 2.32. The minimum atomic E-state index is 0.103. The summed E-state index contributed by atoms with van der Waals surface area (Å²) in [5.74, 6) is 0. The molecule has 0 aromatic carbocycles. The van der Waals surface area contributed by atoms with Crippen molar-refractivity contribution >= 4 is 0 Å². The number of hydrogen-bond acceptors (Lipinski definition) is 6. The molecule has 0 rings (SSSR count). The van der Waals surface area contributed by atoms with Crippen molar-refractivity contribution in [3.05, 3.63) is 25.6 Å². The maximum absolute atomic E-state index is 5.12. The molecule has 0 heterocycles. The van der Waals surface area contributed by atoms with Gasteiger partial charge < -0.3 is 28.6 Å². The van der Waals surface area contributed by atoms with E-state index in [-0.39, 0.29) is 27.2 Å². The highest BCUT2D eigenvalue weighted by atomic mass is 16.8. The second-order valence-corrected chi connectivity index (χ2v) is 2.59. The summed E-state index contributed by atoms with van der Waals surface area (Å²) in [5.41, 5.74) is 0. The van der Waals surface area contributed by atoms with Crippen LogP contribution < -0.4 is 0 Å². The molecule has 0 amide bonds. The molecule has 0 fully saturated rings. The van der Waals surface area contributed by atoms with Crippen LogP contribution in [0, 0.1) is 0 Å². The predicted molar refractivity (Wildman–Crippen MR) is 57.9 cm³/mol. The molecule has 0 saturated heterocycles. The maximum atomic E-state index is 5.12. The molecule has 6 nitrogen and oxygen atoms in total. The van der Waals surface area contributed by atoms with Gasteiger partial charge in [-0.25, -0.2) is 0 Å². The van der Waals surface area contributed by atoms with Gasteiger partial charge in [-0.2, -0.15) is 0 Å². The summed E-state index contributed by atoms with van der Waals surface area (Å²) in [6.07, 6.45) is 3.20. The molecule has 94 valence electrons. The molecule has 0 radical (unpaired) electrons. The van der Waals surface area contributed by atoms with E-state index in [4.69, 9.17) is 18.9 Å². The quantitative estimate of drug-likeness (QED) is 0.371. The van der Waals surface area contributed by atoms with Gasteiger partial charge in [0, 0.05) is 7.11 Å². The molecule has 0 aromatic rings. The van der Waals surface area contributed by atoms with E-state index in [2.05, 4.69) is 17.9 Å². The Bertz CT molecular complexity index is 169. The zero-order chi connectivity index (χ0) is 12.1. The number of ether oxygens (including phenoxy) is 5. The Morgan fingerprint density at radius 2 is 1.38 bits per heavy atom. The highest BCUT2D eigenvalue weighted by molar-refractivity contribution is 4.77. The van der Waals surface area contributed by atoms with E-state index in [0.29, 0.717) is 6.73 Å². The van der Waals surface area contributed by atoms with Gasteiger partial charge in [0.1, 0.15) is 13.5 Å². The third kappa shape index (κ3) is 9.63. The van der Waals surface area contributed by atoms with Crippen LogP contribution >= 0.6 is 0 Å². The average molecular weight is 233 g/mol. The molecular weight excluding hydrogens is 214 g/mol. The molecule has 16 heavy (non-hydrogen) atoms. The van der Waals surface area contributed by atoms with Crippen molar-refractivity contribution < 1.29 is 23.7 Å². The Hall–Kier alpha value is -0.920. The van der Waals surface area contributed by atoms with Crippen molar-refractivity contribution in [1.82, 2.24) is 4.90 Å². The molecule has 0 atom stereocenters. The first kappa shape index (κ1) is 15.1. The summed E-state index contributed by atoms with van der Waals surface area (Å²) in [4.78, 5) is 1.67. The summed E-state index contributed by atoms with van der Waals surface area (Å²) in [7, 11) is 1.54. The second-order valence-electron chi connectivity index (χ2n) is 2.59. The molecule has 0 aliphatic rings. The molecule has 0 saturated carbocycles. The second kappa shape index (κ2) is 12.2. The van der Waals surface area contributed by atoms with E-state index >= 15 is 0 Å². The predicted octanol–water partition coefficient (Wildman–Crippen LogP) is 1.08. The van der Waals surface area contributed by atoms with Crippen LogP contribution in [0.3, 0.4) is 0 Å². The summed E-state index contributed by atoms with van der Waals surface area (Å²) in [6, 6.07) is 0. The van der Waals surface area contributed by atoms with Crippen LogP contribution in [0.15, 0.2) is 25.6 Å². The number of methoxy groups -OCH3 is 1. The van der Waals surface area contributed by atoms with Crippen LogP contribution in [0.5, 0.6) is 0 Å². The van der Waals surface area contributed by atoms with E-state index in [1.165, 1.54) is 7.11 Å². The van der Waals surface area contributed by atoms with Gasteiger partial charge in [0.2, 0.25) is 0 Å². The highest BCUT2D eigenvalue weighted by Crippen LogP contribution is 1.90. The number of nitrogens with zero attached hydrogens (tertiary/aromatic N) is 1. The van der Waals surface area contributed by atoms with E-state index in [0.717, 1.165) is 0 Å². The Labute approximate surface area is 96.0 Å². The Kier molecular flexibility index (Phi) is 11.5. The van der Waals surface area contributed by atoms with E-state index < -0.39 is 0 Å². The van der Waals surface area contributed by atoms with Crippen LogP contribution in [0.25, 0.3) is 0 Å². The molecule has 0 unspecified atom stereocenters. The van der Waals surface area contributed by atoms with E-state index in [9.17, 15) is 0 Å². The van der Waals surface area contributed by atoms with Crippen LogP contribution in [0.2, 0.25) is 0 Å². The standard InChI is InChI=1S/C10H19NO5/c1-4-11(5-2)6-13-8-15-10-16-9-14-7-12-3/h4-5H,1-2,6-10H2,3H3. The maximum Gasteiger partial charge on any atom is 0.152 e. The van der Waals surface area contributed by atoms with Crippen LogP contribution in [-0.2, 0) is 23.7 Å². The van der Waals surface area contributed by atoms with Crippen molar-refractivity contribution in [3.63, 3.8) is 0 Å². The van der Waals surface area contributed by atoms with Crippen molar-refractivity contribution in [3.8, 4) is 0 Å². The van der Waals surface area contributed by atoms with Crippen molar-refractivity contribution in [1.29, 1.82) is 0 Å². The van der Waals surface area contributed by atoms with E-state index in [1.54, 1.807) is 17.3 Å². The fourth-order valence-electron chi connectivity index (χ4n) is 0.685. The molecular formula is C10H19NO5. The Balaban J connectivity index is 3.09. The lowest BCUT2D eigenvalue weighted by Gasteiger charge is -2.14. The summed E-state index contributed by atoms with van der Waals surface area (Å²) < 4.78 is 24.6. The van der Waals surface area contributed by atoms with Crippen LogP contribution in [-0.4, -0.2) is 45.9 Å². The fraction of sp³-hybridized carbons (Fsp3) is 0.600. The van der Waals surface area contributed by atoms with Crippen molar-refractivity contribution in [2.75, 3.05) is 41.0 Å². The largest absolute Gasteiger partial charge is 0.359 e. The number of hydrogen-bond donors (Lipinski definition) is 0. The fourth-order valence-corrected chi connectivity index (χ4v) is 0.685. The number of rotatable bonds is 12. The molecule has 0 aromatic heterocycles. The molecule has 6 heteroatoms. The molecule has 0 aliphatic carbocycles. The van der Waals surface area contributed by atoms with E-state index in [1.807, 2.05) is 0 Å². The third-order valence-electron chi connectivity index (χ3n) is 1.41. The first-order valence-electron chi connectivity index (χ1n) is 4.66. The zero-order valence-electron chi connectivity index (χ0n) is 9.59. The summed E-state index contributed by atoms with van der Waals surface area (Å²) in [6.45, 7) is 8.03. The van der Waals surface area contributed by atoms with Gasteiger partial charge >= 0.3 is 0 Å². The molecule has 0 bridgehead atoms. The van der Waals surface area contributed by atoms with Gasteiger partial charge in [0.25, 0.3) is 0 Å². The SMILES string of the molecule is C=CN(C=C)COCOCOCOCOC. The van der Waals surface area contributed by atoms with Gasteiger partial charge in [-0.3, -0.25) is 0 Å². The Morgan fingerprint density at radius 1 is 0.875 bits per heavy atom. The minimum absolute atomic E-state index is 0.103. The zero-order valence-corrected chi connectivity index (χ0v) is 9.59. The monoisotopic (exact) mass is 233 g/mol. The smallest absolute Gasteiger partial charge is 0.152 e. The minimum Gasteiger partial charge on any atom is -0.359 e.